The molecule has 0 bridgehead atoms. The molecule has 0 fully saturated rings. The zero-order valence-electron chi connectivity index (χ0n) is 12.5. The maximum Gasteiger partial charge on any atom is 0.138 e. The van der Waals surface area contributed by atoms with Crippen molar-refractivity contribution in [1.82, 2.24) is 4.57 Å². The largest absolute Gasteiger partial charge is 0.487 e. The fraction of sp³-hybridized carbons (Fsp3) is 0.222. The zero-order chi connectivity index (χ0) is 15.7. The van der Waals surface area contributed by atoms with Crippen LogP contribution in [0.5, 0.6) is 5.75 Å². The lowest BCUT2D eigenvalue weighted by Gasteiger charge is -2.08. The first-order valence-corrected chi connectivity index (χ1v) is 7.60. The van der Waals surface area contributed by atoms with Gasteiger partial charge < -0.3 is 9.30 Å². The molecule has 3 rings (SSSR count). The summed E-state index contributed by atoms with van der Waals surface area (Å²) in [7, 11) is 0. The average Bonchev–Trinajstić information content (AvgIpc) is 2.84. The molecule has 0 spiro atoms. The lowest BCUT2D eigenvalue weighted by Crippen LogP contribution is -1.99. The van der Waals surface area contributed by atoms with Gasteiger partial charge in [0.25, 0.3) is 0 Å². The maximum atomic E-state index is 13.5. The minimum Gasteiger partial charge on any atom is -0.487 e. The van der Waals surface area contributed by atoms with Crippen LogP contribution in [0.25, 0.3) is 10.9 Å². The van der Waals surface area contributed by atoms with Crippen molar-refractivity contribution >= 4 is 22.5 Å². The second-order valence-corrected chi connectivity index (χ2v) is 5.94. The Balaban J connectivity index is 1.96. The number of fused-ring (bicyclic) bond motifs is 1. The summed E-state index contributed by atoms with van der Waals surface area (Å²) >= 11 is 6.11. The molecule has 0 aliphatic rings. The van der Waals surface area contributed by atoms with Crippen LogP contribution in [0.15, 0.2) is 48.7 Å². The topological polar surface area (TPSA) is 14.2 Å². The van der Waals surface area contributed by atoms with Gasteiger partial charge in [0, 0.05) is 23.2 Å². The number of hydrogen-bond acceptors (Lipinski definition) is 1. The van der Waals surface area contributed by atoms with Crippen molar-refractivity contribution < 1.29 is 9.13 Å². The Hall–Kier alpha value is -2.00. The van der Waals surface area contributed by atoms with Crippen LogP contribution < -0.4 is 4.74 Å². The highest BCUT2D eigenvalue weighted by Crippen LogP contribution is 2.28. The summed E-state index contributed by atoms with van der Waals surface area (Å²) < 4.78 is 21.4. The van der Waals surface area contributed by atoms with Crippen LogP contribution in [0.3, 0.4) is 0 Å². The molecule has 2 nitrogen and oxygen atoms in total. The predicted molar refractivity (Wildman–Crippen MR) is 88.1 cm³/mol. The van der Waals surface area contributed by atoms with Gasteiger partial charge in [-0.05, 0) is 44.2 Å². The van der Waals surface area contributed by atoms with Crippen molar-refractivity contribution in [2.45, 2.75) is 26.5 Å². The summed E-state index contributed by atoms with van der Waals surface area (Å²) in [5.74, 6) is 0.419. The molecular formula is C18H17ClFNO. The van der Waals surface area contributed by atoms with Crippen LogP contribution in [0, 0.1) is 5.82 Å². The number of nitrogens with zero attached hydrogens (tertiary/aromatic N) is 1. The van der Waals surface area contributed by atoms with Crippen LogP contribution in [0.4, 0.5) is 4.39 Å². The van der Waals surface area contributed by atoms with E-state index in [1.54, 1.807) is 18.2 Å². The van der Waals surface area contributed by atoms with Gasteiger partial charge >= 0.3 is 0 Å². The normalized spacial score (nSPS) is 11.3. The Labute approximate surface area is 134 Å². The highest BCUT2D eigenvalue weighted by molar-refractivity contribution is 6.32. The molecule has 0 atom stereocenters. The third kappa shape index (κ3) is 2.81. The fourth-order valence-electron chi connectivity index (χ4n) is 2.56. The van der Waals surface area contributed by atoms with Crippen LogP contribution in [-0.2, 0) is 6.61 Å². The molecule has 4 heteroatoms. The van der Waals surface area contributed by atoms with Crippen molar-refractivity contribution in [2.24, 2.45) is 0 Å². The molecule has 0 N–H and O–H groups in total. The standard InChI is InChI=1S/C18H17ClFNO/c1-12(2)21-10-13(15-8-7-14(20)9-17(15)21)11-22-18-6-4-3-5-16(18)19/h3-10,12H,11H2,1-2H3. The predicted octanol–water partition coefficient (Wildman–Crippen LogP) is 5.59. The van der Waals surface area contributed by atoms with Crippen LogP contribution in [0.1, 0.15) is 25.5 Å². The molecule has 114 valence electrons. The number of rotatable bonds is 4. The van der Waals surface area contributed by atoms with Crippen molar-refractivity contribution in [2.75, 3.05) is 0 Å². The molecule has 3 aromatic rings. The van der Waals surface area contributed by atoms with Crippen molar-refractivity contribution in [3.63, 3.8) is 0 Å². The zero-order valence-corrected chi connectivity index (χ0v) is 13.3. The van der Waals surface area contributed by atoms with E-state index in [-0.39, 0.29) is 11.9 Å². The molecule has 1 aromatic heterocycles. The van der Waals surface area contributed by atoms with E-state index in [2.05, 4.69) is 18.4 Å². The lowest BCUT2D eigenvalue weighted by molar-refractivity contribution is 0.307. The molecule has 0 radical (unpaired) electrons. The Morgan fingerprint density at radius 1 is 1.18 bits per heavy atom. The summed E-state index contributed by atoms with van der Waals surface area (Å²) in [5.41, 5.74) is 1.90. The highest BCUT2D eigenvalue weighted by Gasteiger charge is 2.12. The van der Waals surface area contributed by atoms with E-state index >= 15 is 0 Å². The molecule has 0 unspecified atom stereocenters. The lowest BCUT2D eigenvalue weighted by atomic mass is 10.2. The average molecular weight is 318 g/mol. The van der Waals surface area contributed by atoms with Crippen LogP contribution >= 0.6 is 11.6 Å². The van der Waals surface area contributed by atoms with Gasteiger partial charge in [0.15, 0.2) is 0 Å². The molecule has 1 heterocycles. The van der Waals surface area contributed by atoms with E-state index in [9.17, 15) is 4.39 Å². The third-order valence-electron chi connectivity index (χ3n) is 3.65. The molecule has 0 aliphatic heterocycles. The summed E-state index contributed by atoms with van der Waals surface area (Å²) in [6, 6.07) is 12.5. The van der Waals surface area contributed by atoms with E-state index in [1.165, 1.54) is 6.07 Å². The first kappa shape index (κ1) is 14.9. The van der Waals surface area contributed by atoms with Crippen LogP contribution in [0.2, 0.25) is 5.02 Å². The summed E-state index contributed by atoms with van der Waals surface area (Å²) in [4.78, 5) is 0. The van der Waals surface area contributed by atoms with Gasteiger partial charge in [-0.25, -0.2) is 4.39 Å². The second kappa shape index (κ2) is 6.01. The number of aromatic nitrogens is 1. The Morgan fingerprint density at radius 3 is 2.68 bits per heavy atom. The summed E-state index contributed by atoms with van der Waals surface area (Å²) in [6.07, 6.45) is 2.02. The number of ether oxygens (including phenoxy) is 1. The molecule has 0 amide bonds. The molecule has 0 saturated carbocycles. The summed E-state index contributed by atoms with van der Waals surface area (Å²) in [6.45, 7) is 4.54. The number of benzene rings is 2. The maximum absolute atomic E-state index is 13.5. The third-order valence-corrected chi connectivity index (χ3v) is 3.97. The first-order valence-electron chi connectivity index (χ1n) is 7.22. The van der Waals surface area contributed by atoms with Gasteiger partial charge in [-0.2, -0.15) is 0 Å². The quantitative estimate of drug-likeness (QED) is 0.611. The van der Waals surface area contributed by atoms with E-state index in [4.69, 9.17) is 16.3 Å². The van der Waals surface area contributed by atoms with Gasteiger partial charge in [0.2, 0.25) is 0 Å². The Morgan fingerprint density at radius 2 is 1.95 bits per heavy atom. The summed E-state index contributed by atoms with van der Waals surface area (Å²) in [5, 5.41) is 1.59. The number of para-hydroxylation sites is 1. The molecular weight excluding hydrogens is 301 g/mol. The van der Waals surface area contributed by atoms with E-state index < -0.39 is 0 Å². The van der Waals surface area contributed by atoms with Gasteiger partial charge in [0.1, 0.15) is 18.2 Å². The van der Waals surface area contributed by atoms with Gasteiger partial charge in [-0.15, -0.1) is 0 Å². The minimum absolute atomic E-state index is 0.230. The highest BCUT2D eigenvalue weighted by atomic mass is 35.5. The smallest absolute Gasteiger partial charge is 0.138 e. The first-order chi connectivity index (χ1) is 10.6. The van der Waals surface area contributed by atoms with Crippen LogP contribution in [-0.4, -0.2) is 4.57 Å². The Kier molecular flexibility index (Phi) is 4.08. The minimum atomic E-state index is -0.230. The molecule has 2 aromatic carbocycles. The number of hydrogen-bond donors (Lipinski definition) is 0. The van der Waals surface area contributed by atoms with Crippen molar-refractivity contribution in [1.29, 1.82) is 0 Å². The van der Waals surface area contributed by atoms with Gasteiger partial charge in [0.05, 0.1) is 10.5 Å². The number of halogens is 2. The second-order valence-electron chi connectivity index (χ2n) is 5.54. The van der Waals surface area contributed by atoms with Gasteiger partial charge in [-0.3, -0.25) is 0 Å². The van der Waals surface area contributed by atoms with Gasteiger partial charge in [-0.1, -0.05) is 23.7 Å². The van der Waals surface area contributed by atoms with E-state index in [1.807, 2.05) is 24.4 Å². The molecule has 0 saturated heterocycles. The molecule has 22 heavy (non-hydrogen) atoms. The van der Waals surface area contributed by atoms with Crippen molar-refractivity contribution in [3.05, 3.63) is 65.1 Å². The SMILES string of the molecule is CC(C)n1cc(COc2ccccc2Cl)c2ccc(F)cc21. The Bertz CT molecular complexity index is 810. The molecule has 0 aliphatic carbocycles. The van der Waals surface area contributed by atoms with E-state index in [0.29, 0.717) is 17.4 Å². The monoisotopic (exact) mass is 317 g/mol. The fourth-order valence-corrected chi connectivity index (χ4v) is 2.75. The van der Waals surface area contributed by atoms with Crippen molar-refractivity contribution in [3.8, 4) is 5.75 Å². The van der Waals surface area contributed by atoms with E-state index in [0.717, 1.165) is 16.5 Å².